The lowest BCUT2D eigenvalue weighted by Crippen LogP contribution is -3.00. The van der Waals surface area contributed by atoms with Crippen molar-refractivity contribution in [3.8, 4) is 11.5 Å². The van der Waals surface area contributed by atoms with Gasteiger partial charge in [-0.1, -0.05) is 34.4 Å². The topological polar surface area (TPSA) is 18.5 Å². The van der Waals surface area contributed by atoms with E-state index in [2.05, 4.69) is 99.0 Å². The first-order valence-electron chi connectivity index (χ1n) is 13.3. The number of rotatable bonds is 12. The molecule has 0 fully saturated rings. The highest BCUT2D eigenvalue weighted by Gasteiger charge is 2.33. The normalized spacial score (nSPS) is 17.0. The molecule has 0 saturated carbocycles. The van der Waals surface area contributed by atoms with Crippen molar-refractivity contribution in [2.45, 2.75) is 86.6 Å². The maximum absolute atomic E-state index is 6.31. The summed E-state index contributed by atoms with van der Waals surface area (Å²) >= 11 is 0. The first-order valence-corrected chi connectivity index (χ1v) is 13.3. The van der Waals surface area contributed by atoms with Gasteiger partial charge in [0.25, 0.3) is 0 Å². The Balaban J connectivity index is 0.00000648. The van der Waals surface area contributed by atoms with Gasteiger partial charge in [-0.05, 0) is 104 Å². The largest absolute Gasteiger partial charge is 1.00 e. The molecule has 0 N–H and O–H groups in total. The van der Waals surface area contributed by atoms with E-state index in [9.17, 15) is 0 Å². The van der Waals surface area contributed by atoms with Gasteiger partial charge in [-0.2, -0.15) is 0 Å². The molecule has 0 aromatic heterocycles. The second-order valence-electron chi connectivity index (χ2n) is 11.3. The van der Waals surface area contributed by atoms with Gasteiger partial charge in [0.2, 0.25) is 0 Å². The van der Waals surface area contributed by atoms with E-state index in [4.69, 9.17) is 9.47 Å². The third-order valence-corrected chi connectivity index (χ3v) is 7.19. The molecule has 36 heavy (non-hydrogen) atoms. The van der Waals surface area contributed by atoms with E-state index in [1.807, 2.05) is 0 Å². The van der Waals surface area contributed by atoms with Crippen LogP contribution in [0.4, 0.5) is 0 Å². The molecule has 2 rings (SSSR count). The summed E-state index contributed by atoms with van der Waals surface area (Å²) in [5, 5.41) is 0. The summed E-state index contributed by atoms with van der Waals surface area (Å²) in [6.45, 7) is 17.6. The molecule has 1 atom stereocenters. The monoisotopic (exact) mass is 559 g/mol. The smallest absolute Gasteiger partial charge is 0.162 e. The minimum Gasteiger partial charge on any atom is -1.00 e. The van der Waals surface area contributed by atoms with E-state index in [1.165, 1.54) is 33.4 Å². The van der Waals surface area contributed by atoms with E-state index in [0.29, 0.717) is 19.3 Å². The quantitative estimate of drug-likeness (QED) is 0.247. The lowest BCUT2D eigenvalue weighted by molar-refractivity contribution is -0.921. The fourth-order valence-electron chi connectivity index (χ4n) is 4.36. The third kappa shape index (κ3) is 10.7. The molecule has 0 aliphatic carbocycles. The minimum atomic E-state index is 0. The summed E-state index contributed by atoms with van der Waals surface area (Å²) in [6, 6.07) is 4.92. The molecule has 1 heterocycles. The maximum Gasteiger partial charge on any atom is 0.162 e. The summed E-state index contributed by atoms with van der Waals surface area (Å²) < 4.78 is 13.6. The van der Waals surface area contributed by atoms with Crippen LogP contribution < -0.4 is 26.5 Å². The molecule has 0 amide bonds. The average Bonchev–Trinajstić information content (AvgIpc) is 2.76. The summed E-state index contributed by atoms with van der Waals surface area (Å²) in [5.74, 6) is 1.73. The Labute approximate surface area is 232 Å². The number of fused-ring (bicyclic) bond motifs is 1. The van der Waals surface area contributed by atoms with Crippen LogP contribution in [0.25, 0.3) is 0 Å². The lowest BCUT2D eigenvalue weighted by Gasteiger charge is -2.41. The molecule has 3 nitrogen and oxygen atoms in total. The van der Waals surface area contributed by atoms with Crippen molar-refractivity contribution in [1.82, 2.24) is 0 Å². The van der Waals surface area contributed by atoms with Gasteiger partial charge in [0.15, 0.2) is 11.5 Å². The average molecular weight is 561 g/mol. The molecule has 1 aromatic rings. The van der Waals surface area contributed by atoms with Crippen LogP contribution >= 0.6 is 0 Å². The molecule has 0 bridgehead atoms. The Kier molecular flexibility index (Phi) is 13.9. The van der Waals surface area contributed by atoms with E-state index < -0.39 is 0 Å². The fourth-order valence-corrected chi connectivity index (χ4v) is 4.36. The maximum atomic E-state index is 6.31. The van der Waals surface area contributed by atoms with Gasteiger partial charge in [-0.3, -0.25) is 0 Å². The minimum absolute atomic E-state index is 0. The number of nitrogens with zero attached hydrogens (tertiary/aromatic N) is 1. The van der Waals surface area contributed by atoms with E-state index in [1.54, 1.807) is 0 Å². The predicted octanol–water partition coefficient (Wildman–Crippen LogP) is 5.53. The number of likely N-dealkylation sites (N-methyl/N-ethyl adjacent to an activating group) is 1. The first kappa shape index (κ1) is 32.2. The Hall–Kier alpha value is -1.78. The molecule has 4 heteroatoms. The van der Waals surface area contributed by atoms with Crippen molar-refractivity contribution in [3.05, 3.63) is 69.9 Å². The van der Waals surface area contributed by atoms with Crippen molar-refractivity contribution in [2.24, 2.45) is 0 Å². The van der Waals surface area contributed by atoms with E-state index >= 15 is 0 Å². The Morgan fingerprint density at radius 1 is 0.806 bits per heavy atom. The van der Waals surface area contributed by atoms with Gasteiger partial charge < -0.3 is 30.9 Å². The summed E-state index contributed by atoms with van der Waals surface area (Å²) in [7, 11) is 4.64. The highest BCUT2D eigenvalue weighted by molar-refractivity contribution is 5.49. The van der Waals surface area contributed by atoms with Gasteiger partial charge in [0, 0.05) is 12.0 Å². The van der Waals surface area contributed by atoms with Gasteiger partial charge in [-0.15, -0.1) is 0 Å². The molecule has 0 radical (unpaired) electrons. The predicted molar refractivity (Wildman–Crippen MR) is 151 cm³/mol. The molecule has 1 aliphatic rings. The van der Waals surface area contributed by atoms with Crippen molar-refractivity contribution in [3.63, 3.8) is 0 Å². The lowest BCUT2D eigenvalue weighted by atomic mass is 9.91. The molecular weight excluding hydrogens is 510 g/mol. The molecule has 1 unspecified atom stereocenters. The number of hydrogen-bond acceptors (Lipinski definition) is 2. The standard InChI is InChI=1S/C32H50NO2.BrH/c1-24(2)12-10-14-26(5)17-20-34-31-22-29-16-19-33(8,9)28(7)30(29)23-32(31)35-21-18-27(6)15-11-13-25(3)4;/h12-13,17-18,22-23,28H,10-11,14-16,19-21H2,1-9H3;1H/q+1;/p-1/b26-17+,27-18+;. The third-order valence-electron chi connectivity index (χ3n) is 7.19. The second kappa shape index (κ2) is 15.5. The van der Waals surface area contributed by atoms with Gasteiger partial charge in [-0.25, -0.2) is 0 Å². The van der Waals surface area contributed by atoms with Crippen LogP contribution in [-0.4, -0.2) is 38.3 Å². The molecule has 1 aromatic carbocycles. The van der Waals surface area contributed by atoms with Crippen molar-refractivity contribution in [2.75, 3.05) is 33.9 Å². The molecular formula is C32H50BrNO2. The van der Waals surface area contributed by atoms with Crippen LogP contribution in [0.2, 0.25) is 0 Å². The van der Waals surface area contributed by atoms with Gasteiger partial charge >= 0.3 is 0 Å². The summed E-state index contributed by atoms with van der Waals surface area (Å²) in [4.78, 5) is 0. The number of halogens is 1. The van der Waals surface area contributed by atoms with E-state index in [0.717, 1.165) is 54.6 Å². The van der Waals surface area contributed by atoms with Crippen molar-refractivity contribution < 1.29 is 30.9 Å². The Bertz CT molecular complexity index is 961. The van der Waals surface area contributed by atoms with Crippen LogP contribution in [-0.2, 0) is 6.42 Å². The fraction of sp³-hybridized carbons (Fsp3) is 0.562. The van der Waals surface area contributed by atoms with Crippen LogP contribution in [0.3, 0.4) is 0 Å². The second-order valence-corrected chi connectivity index (χ2v) is 11.3. The number of quaternary nitrogens is 1. The van der Waals surface area contributed by atoms with Crippen LogP contribution in [0.1, 0.15) is 91.3 Å². The number of ether oxygens (including phenoxy) is 2. The first-order chi connectivity index (χ1) is 16.5. The van der Waals surface area contributed by atoms with Gasteiger partial charge in [0.1, 0.15) is 19.3 Å². The highest BCUT2D eigenvalue weighted by Crippen LogP contribution is 2.40. The van der Waals surface area contributed by atoms with Crippen LogP contribution in [0.15, 0.2) is 58.7 Å². The zero-order valence-corrected chi connectivity index (χ0v) is 25.9. The molecule has 202 valence electrons. The molecule has 0 spiro atoms. The molecule has 1 aliphatic heterocycles. The van der Waals surface area contributed by atoms with Crippen LogP contribution in [0.5, 0.6) is 11.5 Å². The van der Waals surface area contributed by atoms with Crippen molar-refractivity contribution >= 4 is 0 Å². The van der Waals surface area contributed by atoms with E-state index in [-0.39, 0.29) is 17.0 Å². The number of allylic oxidation sites excluding steroid dienone is 6. The Morgan fingerprint density at radius 2 is 1.28 bits per heavy atom. The zero-order chi connectivity index (χ0) is 26.0. The summed E-state index contributed by atoms with van der Waals surface area (Å²) in [5.41, 5.74) is 8.27. The number of benzene rings is 1. The zero-order valence-electron chi connectivity index (χ0n) is 24.3. The number of hydrogen-bond donors (Lipinski definition) is 0. The molecule has 0 saturated heterocycles. The van der Waals surface area contributed by atoms with Crippen LogP contribution in [0, 0.1) is 0 Å². The highest BCUT2D eigenvalue weighted by atomic mass is 79.9. The van der Waals surface area contributed by atoms with Crippen molar-refractivity contribution in [1.29, 1.82) is 0 Å². The Morgan fingerprint density at radius 3 is 1.75 bits per heavy atom. The summed E-state index contributed by atoms with van der Waals surface area (Å²) in [6.07, 6.45) is 14.4. The van der Waals surface area contributed by atoms with Gasteiger partial charge in [0.05, 0.1) is 20.6 Å². The SMILES string of the molecule is CC(C)=CCC/C(C)=C/COc1cc2c(cc1OC/C=C(\C)CCC=C(C)C)C(C)[N+](C)(C)CC2.[Br-].